The van der Waals surface area contributed by atoms with Gasteiger partial charge in [0.15, 0.2) is 0 Å². The highest BCUT2D eigenvalue weighted by atomic mass is 32.2. The minimum absolute atomic E-state index is 0.0452. The van der Waals surface area contributed by atoms with Crippen LogP contribution in [-0.2, 0) is 20.8 Å². The number of nitrogens with two attached hydrogens (primary N) is 1. The zero-order valence-corrected chi connectivity index (χ0v) is 11.6. The Labute approximate surface area is 109 Å². The van der Waals surface area contributed by atoms with E-state index in [-0.39, 0.29) is 11.4 Å². The number of sulfonamides is 1. The number of hydrogen-bond donors (Lipinski definition) is 3. The van der Waals surface area contributed by atoms with Gasteiger partial charge in [0, 0.05) is 35.0 Å². The number of nitrogen functional groups attached to an aromatic ring is 1. The smallest absolute Gasteiger partial charge is 0.242 e. The van der Waals surface area contributed by atoms with E-state index >= 15 is 0 Å². The van der Waals surface area contributed by atoms with E-state index < -0.39 is 20.8 Å². The summed E-state index contributed by atoms with van der Waals surface area (Å²) in [7, 11) is -4.60. The maximum Gasteiger partial charge on any atom is 0.242 e. The number of hydrogen-bond acceptors (Lipinski definition) is 6. The summed E-state index contributed by atoms with van der Waals surface area (Å²) >= 11 is 0. The van der Waals surface area contributed by atoms with Gasteiger partial charge in [-0.15, -0.1) is 0 Å². The van der Waals surface area contributed by atoms with Gasteiger partial charge >= 0.3 is 0 Å². The van der Waals surface area contributed by atoms with Crippen molar-refractivity contribution in [2.75, 3.05) is 23.5 Å². The van der Waals surface area contributed by atoms with Crippen molar-refractivity contribution in [2.45, 2.75) is 11.8 Å². The summed E-state index contributed by atoms with van der Waals surface area (Å²) in [6.45, 7) is 1.92. The molecule has 0 bridgehead atoms. The van der Waals surface area contributed by atoms with Gasteiger partial charge in [-0.05, 0) is 12.1 Å². The molecule has 18 heavy (non-hydrogen) atoms. The Hall–Kier alpha value is -1.03. The molecule has 1 heterocycles. The second kappa shape index (κ2) is 6.78. The Kier molecular flexibility index (Phi) is 5.66. The van der Waals surface area contributed by atoms with Crippen LogP contribution in [0.25, 0.3) is 0 Å². The summed E-state index contributed by atoms with van der Waals surface area (Å²) in [5, 5.41) is 0. The number of anilines is 1. The van der Waals surface area contributed by atoms with Gasteiger partial charge in [-0.2, -0.15) is 0 Å². The quantitative estimate of drug-likeness (QED) is 0.457. The molecule has 9 heteroatoms. The van der Waals surface area contributed by atoms with Gasteiger partial charge in [0.2, 0.25) is 10.0 Å². The molecule has 1 aromatic rings. The van der Waals surface area contributed by atoms with E-state index in [1.54, 1.807) is 6.92 Å². The molecular formula is C9H16N4O3S2. The molecule has 1 rings (SSSR count). The average Bonchev–Trinajstić information content (AvgIpc) is 2.38. The second-order valence-electron chi connectivity index (χ2n) is 3.35. The zero-order chi connectivity index (χ0) is 13.6. The fraction of sp³-hybridized carbons (Fsp3) is 0.444. The lowest BCUT2D eigenvalue weighted by atomic mass is 10.5. The van der Waals surface area contributed by atoms with Crippen molar-refractivity contribution >= 4 is 26.6 Å². The highest BCUT2D eigenvalue weighted by Gasteiger charge is 2.14. The molecule has 0 radical (unpaired) electrons. The summed E-state index contributed by atoms with van der Waals surface area (Å²) < 4.78 is 37.1. The summed E-state index contributed by atoms with van der Waals surface area (Å²) in [5.41, 5.74) is 2.30. The summed E-state index contributed by atoms with van der Waals surface area (Å²) in [6.07, 6.45) is 1.20. The molecule has 1 aromatic heterocycles. The molecule has 0 amide bonds. The molecule has 1 atom stereocenters. The molecular weight excluding hydrogens is 276 g/mol. The van der Waals surface area contributed by atoms with Gasteiger partial charge in [-0.1, -0.05) is 6.92 Å². The van der Waals surface area contributed by atoms with Crippen LogP contribution in [0, 0.1) is 0 Å². The SMILES string of the molecule is CCS(=O)CCNS(=O)(=O)c1ccc(NN)nc1. The van der Waals surface area contributed by atoms with E-state index in [4.69, 9.17) is 5.84 Å². The number of nitrogens with one attached hydrogen (secondary N) is 2. The maximum atomic E-state index is 11.8. The lowest BCUT2D eigenvalue weighted by Gasteiger charge is -2.06. The highest BCUT2D eigenvalue weighted by molar-refractivity contribution is 7.89. The van der Waals surface area contributed by atoms with Crippen molar-refractivity contribution in [1.29, 1.82) is 0 Å². The molecule has 0 aliphatic heterocycles. The van der Waals surface area contributed by atoms with Crippen LogP contribution in [0.2, 0.25) is 0 Å². The first-order valence-electron chi connectivity index (χ1n) is 5.27. The third-order valence-corrected chi connectivity index (χ3v) is 4.89. The van der Waals surface area contributed by atoms with Crippen LogP contribution < -0.4 is 16.0 Å². The standard InChI is InChI=1S/C9H16N4O3S2/c1-2-17(14)6-5-12-18(15,16)8-3-4-9(13-10)11-7-8/h3-4,7,12H,2,5-6,10H2,1H3,(H,11,13). The molecule has 0 spiro atoms. The zero-order valence-electron chi connectivity index (χ0n) is 9.92. The molecule has 0 saturated carbocycles. The van der Waals surface area contributed by atoms with Crippen LogP contribution in [0.15, 0.2) is 23.2 Å². The maximum absolute atomic E-state index is 11.8. The first kappa shape index (κ1) is 15.0. The minimum Gasteiger partial charge on any atom is -0.308 e. The first-order valence-corrected chi connectivity index (χ1v) is 8.24. The van der Waals surface area contributed by atoms with Gasteiger partial charge < -0.3 is 5.43 Å². The minimum atomic E-state index is -3.60. The molecule has 0 aromatic carbocycles. The number of pyridine rings is 1. The van der Waals surface area contributed by atoms with Crippen LogP contribution in [-0.4, -0.2) is 35.7 Å². The Morgan fingerprint density at radius 2 is 2.17 bits per heavy atom. The van der Waals surface area contributed by atoms with Gasteiger partial charge in [-0.3, -0.25) is 4.21 Å². The Balaban J connectivity index is 2.65. The van der Waals surface area contributed by atoms with Crippen LogP contribution in [0.5, 0.6) is 0 Å². The molecule has 1 unspecified atom stereocenters. The van der Waals surface area contributed by atoms with E-state index in [1.165, 1.54) is 18.3 Å². The lowest BCUT2D eigenvalue weighted by Crippen LogP contribution is -2.28. The van der Waals surface area contributed by atoms with E-state index in [1.807, 2.05) is 0 Å². The van der Waals surface area contributed by atoms with Gasteiger partial charge in [0.25, 0.3) is 0 Å². The Bertz CT molecular complexity index is 501. The number of aromatic nitrogens is 1. The fourth-order valence-corrected chi connectivity index (χ4v) is 2.87. The van der Waals surface area contributed by atoms with Gasteiger partial charge in [0.1, 0.15) is 10.7 Å². The summed E-state index contributed by atoms with van der Waals surface area (Å²) in [4.78, 5) is 3.85. The summed E-state index contributed by atoms with van der Waals surface area (Å²) in [6, 6.07) is 2.85. The van der Waals surface area contributed by atoms with Crippen molar-refractivity contribution in [3.8, 4) is 0 Å². The number of rotatable bonds is 7. The van der Waals surface area contributed by atoms with Crippen molar-refractivity contribution < 1.29 is 12.6 Å². The summed E-state index contributed by atoms with van der Waals surface area (Å²) in [5.74, 6) is 6.31. The van der Waals surface area contributed by atoms with Gasteiger partial charge in [-0.25, -0.2) is 24.0 Å². The molecule has 0 saturated heterocycles. The molecule has 0 aliphatic carbocycles. The van der Waals surface area contributed by atoms with Crippen molar-refractivity contribution in [3.05, 3.63) is 18.3 Å². The first-order chi connectivity index (χ1) is 8.49. The van der Waals surface area contributed by atoms with E-state index in [0.29, 0.717) is 17.3 Å². The largest absolute Gasteiger partial charge is 0.308 e. The molecule has 7 nitrogen and oxygen atoms in total. The van der Waals surface area contributed by atoms with Crippen LogP contribution in [0.4, 0.5) is 5.82 Å². The van der Waals surface area contributed by atoms with Crippen molar-refractivity contribution in [2.24, 2.45) is 5.84 Å². The van der Waals surface area contributed by atoms with E-state index in [9.17, 15) is 12.6 Å². The van der Waals surface area contributed by atoms with E-state index in [0.717, 1.165) is 0 Å². The van der Waals surface area contributed by atoms with Crippen molar-refractivity contribution in [3.63, 3.8) is 0 Å². The molecule has 0 aliphatic rings. The predicted octanol–water partition coefficient (Wildman–Crippen LogP) is -0.586. The number of nitrogens with zero attached hydrogens (tertiary/aromatic N) is 1. The highest BCUT2D eigenvalue weighted by Crippen LogP contribution is 2.09. The fourth-order valence-electron chi connectivity index (χ4n) is 1.14. The topological polar surface area (TPSA) is 114 Å². The van der Waals surface area contributed by atoms with Crippen LogP contribution >= 0.6 is 0 Å². The average molecular weight is 292 g/mol. The molecule has 102 valence electrons. The Morgan fingerprint density at radius 1 is 1.44 bits per heavy atom. The third kappa shape index (κ3) is 4.33. The predicted molar refractivity (Wildman–Crippen MR) is 70.8 cm³/mol. The van der Waals surface area contributed by atoms with Crippen LogP contribution in [0.1, 0.15) is 6.92 Å². The lowest BCUT2D eigenvalue weighted by molar-refractivity contribution is 0.583. The monoisotopic (exact) mass is 292 g/mol. The van der Waals surface area contributed by atoms with E-state index in [2.05, 4.69) is 15.1 Å². The van der Waals surface area contributed by atoms with Crippen LogP contribution in [0.3, 0.4) is 0 Å². The number of hydrazine groups is 1. The second-order valence-corrected chi connectivity index (χ2v) is 6.99. The molecule has 4 N–H and O–H groups in total. The van der Waals surface area contributed by atoms with Gasteiger partial charge in [0.05, 0.1) is 0 Å². The van der Waals surface area contributed by atoms with Crippen molar-refractivity contribution in [1.82, 2.24) is 9.71 Å². The normalized spacial score (nSPS) is 13.2. The molecule has 0 fully saturated rings. The third-order valence-electron chi connectivity index (χ3n) is 2.14. The Morgan fingerprint density at radius 3 is 2.67 bits per heavy atom.